The van der Waals surface area contributed by atoms with E-state index in [9.17, 15) is 4.39 Å². The van der Waals surface area contributed by atoms with E-state index in [4.69, 9.17) is 10.6 Å². The second-order valence-electron chi connectivity index (χ2n) is 4.90. The topological polar surface area (TPSA) is 47.3 Å². The van der Waals surface area contributed by atoms with Crippen molar-refractivity contribution in [2.24, 2.45) is 5.84 Å². The summed E-state index contributed by atoms with van der Waals surface area (Å²) in [7, 11) is 1.65. The Balaban J connectivity index is 2.33. The predicted octanol–water partition coefficient (Wildman–Crippen LogP) is 3.49. The zero-order valence-corrected chi connectivity index (χ0v) is 14.1. The van der Waals surface area contributed by atoms with Gasteiger partial charge in [0.1, 0.15) is 11.6 Å². The summed E-state index contributed by atoms with van der Waals surface area (Å²) in [5.74, 6) is 6.29. The van der Waals surface area contributed by atoms with Crippen LogP contribution in [0.1, 0.15) is 22.7 Å². The number of aryl methyl sites for hydroxylation is 1. The minimum atomic E-state index is -0.243. The first-order valence-corrected chi connectivity index (χ1v) is 7.67. The van der Waals surface area contributed by atoms with Crippen molar-refractivity contribution in [3.05, 3.63) is 62.5 Å². The van der Waals surface area contributed by atoms with E-state index in [0.29, 0.717) is 6.42 Å². The number of hydrogen-bond donors (Lipinski definition) is 2. The van der Waals surface area contributed by atoms with Crippen molar-refractivity contribution in [1.82, 2.24) is 5.43 Å². The van der Waals surface area contributed by atoms with Gasteiger partial charge in [0.2, 0.25) is 0 Å². The van der Waals surface area contributed by atoms with E-state index in [1.165, 1.54) is 12.1 Å². The van der Waals surface area contributed by atoms with E-state index in [2.05, 4.69) is 34.1 Å². The lowest BCUT2D eigenvalue weighted by atomic mass is 9.97. The highest BCUT2D eigenvalue weighted by atomic mass is 127. The van der Waals surface area contributed by atoms with Crippen LogP contribution >= 0.6 is 22.6 Å². The van der Waals surface area contributed by atoms with Crippen LogP contribution in [0.3, 0.4) is 0 Å². The average molecular weight is 400 g/mol. The fourth-order valence-electron chi connectivity index (χ4n) is 2.33. The number of halogens is 2. The molecule has 0 heterocycles. The van der Waals surface area contributed by atoms with Gasteiger partial charge in [0.15, 0.2) is 0 Å². The molecule has 0 bridgehead atoms. The molecule has 5 heteroatoms. The van der Waals surface area contributed by atoms with Crippen molar-refractivity contribution in [1.29, 1.82) is 0 Å². The van der Waals surface area contributed by atoms with E-state index in [1.807, 2.05) is 19.1 Å². The highest BCUT2D eigenvalue weighted by Gasteiger charge is 2.16. The second-order valence-corrected chi connectivity index (χ2v) is 6.07. The van der Waals surface area contributed by atoms with E-state index in [0.717, 1.165) is 26.0 Å². The van der Waals surface area contributed by atoms with Gasteiger partial charge in [-0.25, -0.2) is 4.39 Å². The fraction of sp³-hybridized carbons (Fsp3) is 0.250. The maximum Gasteiger partial charge on any atom is 0.124 e. The molecule has 0 saturated carbocycles. The van der Waals surface area contributed by atoms with Gasteiger partial charge in [-0.05, 0) is 65.3 Å². The molecule has 2 aromatic carbocycles. The molecule has 2 rings (SSSR count). The molecule has 0 radical (unpaired) electrons. The first-order chi connectivity index (χ1) is 10.0. The Bertz CT molecular complexity index is 634. The van der Waals surface area contributed by atoms with Crippen LogP contribution < -0.4 is 16.0 Å². The molecule has 2 aromatic rings. The summed E-state index contributed by atoms with van der Waals surface area (Å²) in [5, 5.41) is 0. The van der Waals surface area contributed by atoms with Crippen LogP contribution in [0.4, 0.5) is 4.39 Å². The number of hydrogen-bond acceptors (Lipinski definition) is 3. The maximum absolute atomic E-state index is 13.2. The van der Waals surface area contributed by atoms with Gasteiger partial charge in [-0.15, -0.1) is 0 Å². The highest BCUT2D eigenvalue weighted by Crippen LogP contribution is 2.28. The minimum Gasteiger partial charge on any atom is -0.496 e. The normalized spacial score (nSPS) is 12.2. The van der Waals surface area contributed by atoms with E-state index in [-0.39, 0.29) is 11.9 Å². The molecule has 0 saturated heterocycles. The Labute approximate surface area is 137 Å². The zero-order chi connectivity index (χ0) is 15.4. The van der Waals surface area contributed by atoms with Crippen LogP contribution in [0, 0.1) is 16.3 Å². The summed E-state index contributed by atoms with van der Waals surface area (Å²) in [4.78, 5) is 0. The molecule has 0 aliphatic carbocycles. The molecule has 0 fully saturated rings. The molecule has 3 nitrogen and oxygen atoms in total. The summed E-state index contributed by atoms with van der Waals surface area (Å²) in [6.07, 6.45) is 0.670. The molecule has 0 aliphatic rings. The lowest BCUT2D eigenvalue weighted by molar-refractivity contribution is 0.405. The van der Waals surface area contributed by atoms with Gasteiger partial charge in [0.25, 0.3) is 0 Å². The van der Waals surface area contributed by atoms with E-state index >= 15 is 0 Å². The molecule has 0 aromatic heterocycles. The molecule has 21 heavy (non-hydrogen) atoms. The Morgan fingerprint density at radius 2 is 2.05 bits per heavy atom. The predicted molar refractivity (Wildman–Crippen MR) is 90.6 cm³/mol. The van der Waals surface area contributed by atoms with Gasteiger partial charge >= 0.3 is 0 Å². The van der Waals surface area contributed by atoms with Gasteiger partial charge in [0, 0.05) is 3.57 Å². The van der Waals surface area contributed by atoms with Crippen LogP contribution in [-0.2, 0) is 6.42 Å². The maximum atomic E-state index is 13.2. The third kappa shape index (κ3) is 3.93. The number of ether oxygens (including phenoxy) is 1. The average Bonchev–Trinajstić information content (AvgIpc) is 2.45. The largest absolute Gasteiger partial charge is 0.496 e. The van der Waals surface area contributed by atoms with Crippen molar-refractivity contribution >= 4 is 22.6 Å². The second kappa shape index (κ2) is 7.20. The summed E-state index contributed by atoms with van der Waals surface area (Å²) in [6, 6.07) is 10.7. The number of nitrogens with one attached hydrogen (secondary N) is 1. The zero-order valence-electron chi connectivity index (χ0n) is 12.0. The number of rotatable bonds is 5. The SMILES string of the molecule is COc1ccc(C)cc1CC(NN)c1ccc(F)cc1I. The summed E-state index contributed by atoms with van der Waals surface area (Å²) < 4.78 is 19.5. The first kappa shape index (κ1) is 16.2. The summed E-state index contributed by atoms with van der Waals surface area (Å²) in [5.41, 5.74) is 6.02. The van der Waals surface area contributed by atoms with Crippen LogP contribution in [0.5, 0.6) is 5.75 Å². The third-order valence-electron chi connectivity index (χ3n) is 3.40. The highest BCUT2D eigenvalue weighted by molar-refractivity contribution is 14.1. The van der Waals surface area contributed by atoms with Crippen molar-refractivity contribution in [3.8, 4) is 5.75 Å². The van der Waals surface area contributed by atoms with Crippen molar-refractivity contribution in [2.75, 3.05) is 7.11 Å². The molecule has 3 N–H and O–H groups in total. The number of benzene rings is 2. The number of hydrazine groups is 1. The minimum absolute atomic E-state index is 0.104. The molecule has 112 valence electrons. The molecule has 1 unspecified atom stereocenters. The smallest absolute Gasteiger partial charge is 0.124 e. The molecule has 0 spiro atoms. The molecule has 1 atom stereocenters. The summed E-state index contributed by atoms with van der Waals surface area (Å²) in [6.45, 7) is 2.04. The van der Waals surface area contributed by atoms with Crippen molar-refractivity contribution in [3.63, 3.8) is 0 Å². The monoisotopic (exact) mass is 400 g/mol. The van der Waals surface area contributed by atoms with Crippen LogP contribution in [-0.4, -0.2) is 7.11 Å². The van der Waals surface area contributed by atoms with E-state index < -0.39 is 0 Å². The van der Waals surface area contributed by atoms with Crippen molar-refractivity contribution < 1.29 is 9.13 Å². The number of methoxy groups -OCH3 is 1. The van der Waals surface area contributed by atoms with Crippen LogP contribution in [0.15, 0.2) is 36.4 Å². The van der Waals surface area contributed by atoms with Gasteiger partial charge in [-0.3, -0.25) is 11.3 Å². The Kier molecular flexibility index (Phi) is 5.55. The lowest BCUT2D eigenvalue weighted by Gasteiger charge is -2.20. The van der Waals surface area contributed by atoms with Gasteiger partial charge in [-0.1, -0.05) is 23.8 Å². The Morgan fingerprint density at radius 1 is 1.29 bits per heavy atom. The van der Waals surface area contributed by atoms with Gasteiger partial charge in [-0.2, -0.15) is 0 Å². The quantitative estimate of drug-likeness (QED) is 0.459. The molecule has 0 amide bonds. The van der Waals surface area contributed by atoms with Crippen LogP contribution in [0.25, 0.3) is 0 Å². The van der Waals surface area contributed by atoms with Crippen molar-refractivity contribution in [2.45, 2.75) is 19.4 Å². The third-order valence-corrected chi connectivity index (χ3v) is 4.33. The summed E-state index contributed by atoms with van der Waals surface area (Å²) >= 11 is 2.13. The van der Waals surface area contributed by atoms with E-state index in [1.54, 1.807) is 13.2 Å². The molecular formula is C16H18FIN2O. The Morgan fingerprint density at radius 3 is 2.67 bits per heavy atom. The van der Waals surface area contributed by atoms with Gasteiger partial charge in [0.05, 0.1) is 13.2 Å². The fourth-order valence-corrected chi connectivity index (χ4v) is 3.18. The van der Waals surface area contributed by atoms with Crippen LogP contribution in [0.2, 0.25) is 0 Å². The Hall–Kier alpha value is -1.18. The first-order valence-electron chi connectivity index (χ1n) is 6.59. The standard InChI is InChI=1S/C16H18FIN2O/c1-10-3-6-16(21-2)11(7-10)8-15(20-19)13-5-4-12(17)9-14(13)18/h3-7,9,15,20H,8,19H2,1-2H3. The molecular weight excluding hydrogens is 382 g/mol. The number of nitrogens with two attached hydrogens (primary N) is 1. The molecule has 0 aliphatic heterocycles. The van der Waals surface area contributed by atoms with Gasteiger partial charge < -0.3 is 4.74 Å². The lowest BCUT2D eigenvalue weighted by Crippen LogP contribution is -2.30.